The zero-order chi connectivity index (χ0) is 26.0. The van der Waals surface area contributed by atoms with Crippen molar-refractivity contribution in [1.29, 1.82) is 0 Å². The van der Waals surface area contributed by atoms with Gasteiger partial charge in [0.05, 0.1) is 0 Å². The third kappa shape index (κ3) is 8.67. The first kappa shape index (κ1) is 28.3. The molecule has 1 fully saturated rings. The van der Waals surface area contributed by atoms with Crippen molar-refractivity contribution in [2.24, 2.45) is 11.8 Å². The molecule has 1 aliphatic rings. The van der Waals surface area contributed by atoms with E-state index in [9.17, 15) is 19.2 Å². The van der Waals surface area contributed by atoms with Gasteiger partial charge in [0.15, 0.2) is 0 Å². The number of nitrogens with zero attached hydrogens (tertiary/aromatic N) is 1. The van der Waals surface area contributed by atoms with Gasteiger partial charge in [0.2, 0.25) is 23.6 Å². The Hall–Kier alpha value is -2.90. The molecule has 1 saturated heterocycles. The molecular weight excluding hydrogens is 444 g/mol. The van der Waals surface area contributed by atoms with Gasteiger partial charge in [0.25, 0.3) is 0 Å². The normalized spacial score (nSPS) is 17.1. The van der Waals surface area contributed by atoms with Gasteiger partial charge in [-0.3, -0.25) is 19.2 Å². The minimum absolute atomic E-state index is 0.0397. The summed E-state index contributed by atoms with van der Waals surface area (Å²) in [5.74, 6) is -1.44. The molecule has 1 heterocycles. The second-order valence-corrected chi connectivity index (χ2v) is 9.93. The molecule has 35 heavy (non-hydrogen) atoms. The first-order valence-electron chi connectivity index (χ1n) is 12.8. The van der Waals surface area contributed by atoms with Crippen LogP contribution in [0.25, 0.3) is 0 Å². The highest BCUT2D eigenvalue weighted by Gasteiger charge is 2.34. The summed E-state index contributed by atoms with van der Waals surface area (Å²) in [7, 11) is 0. The number of rotatable bonds is 11. The summed E-state index contributed by atoms with van der Waals surface area (Å²) in [6.45, 7) is 10.4. The van der Waals surface area contributed by atoms with Crippen molar-refractivity contribution in [2.75, 3.05) is 13.1 Å². The molecule has 194 valence electrons. The van der Waals surface area contributed by atoms with E-state index >= 15 is 0 Å². The smallest absolute Gasteiger partial charge is 0.245 e. The second kappa shape index (κ2) is 13.9. The first-order chi connectivity index (χ1) is 16.6. The largest absolute Gasteiger partial charge is 0.344 e. The van der Waals surface area contributed by atoms with E-state index in [2.05, 4.69) is 16.0 Å². The van der Waals surface area contributed by atoms with Crippen molar-refractivity contribution in [2.45, 2.75) is 84.8 Å². The number of amides is 4. The standard InChI is InChI=1S/C27H42N4O4/c1-6-19(4)24(27(35)31-15-11-8-12-16-31)30-26(34)23(18(2)3)29-25(33)22(28-20(5)32)17-21-13-9-7-10-14-21/h7,9-10,13-14,18-19,22-24H,6,8,11-12,15-17H2,1-5H3,(H,28,32)(H,29,33)(H,30,34)/t19-,22-,23-,24-/m0/s1. The molecule has 0 aliphatic carbocycles. The lowest BCUT2D eigenvalue weighted by molar-refractivity contribution is -0.140. The van der Waals surface area contributed by atoms with E-state index in [1.165, 1.54) is 6.92 Å². The molecule has 1 aromatic rings. The number of likely N-dealkylation sites (tertiary alicyclic amines) is 1. The quantitative estimate of drug-likeness (QED) is 0.446. The summed E-state index contributed by atoms with van der Waals surface area (Å²) in [6.07, 6.45) is 4.11. The van der Waals surface area contributed by atoms with E-state index in [4.69, 9.17) is 0 Å². The van der Waals surface area contributed by atoms with E-state index in [1.54, 1.807) is 0 Å². The Bertz CT molecular complexity index is 852. The summed E-state index contributed by atoms with van der Waals surface area (Å²) in [4.78, 5) is 53.4. The zero-order valence-corrected chi connectivity index (χ0v) is 21.8. The summed E-state index contributed by atoms with van der Waals surface area (Å²) in [5, 5.41) is 8.48. The average molecular weight is 487 g/mol. The van der Waals surface area contributed by atoms with E-state index in [1.807, 2.05) is 62.9 Å². The number of carbonyl (C=O) groups is 4. The number of piperidine rings is 1. The fourth-order valence-electron chi connectivity index (χ4n) is 4.33. The maximum Gasteiger partial charge on any atom is 0.245 e. The molecule has 8 heteroatoms. The van der Waals surface area contributed by atoms with Crippen LogP contribution in [0.5, 0.6) is 0 Å². The maximum atomic E-state index is 13.4. The van der Waals surface area contributed by atoms with Gasteiger partial charge < -0.3 is 20.9 Å². The number of carbonyl (C=O) groups excluding carboxylic acids is 4. The average Bonchev–Trinajstić information content (AvgIpc) is 2.85. The molecule has 1 aromatic carbocycles. The van der Waals surface area contributed by atoms with Crippen LogP contribution in [0.4, 0.5) is 0 Å². The highest BCUT2D eigenvalue weighted by molar-refractivity contribution is 5.94. The van der Waals surface area contributed by atoms with E-state index in [-0.39, 0.29) is 29.6 Å². The highest BCUT2D eigenvalue weighted by Crippen LogP contribution is 2.16. The van der Waals surface area contributed by atoms with Crippen LogP contribution in [0.15, 0.2) is 30.3 Å². The fraction of sp³-hybridized carbons (Fsp3) is 0.630. The van der Waals surface area contributed by atoms with Crippen LogP contribution in [0.1, 0.15) is 65.9 Å². The van der Waals surface area contributed by atoms with Gasteiger partial charge in [-0.2, -0.15) is 0 Å². The zero-order valence-electron chi connectivity index (χ0n) is 21.8. The van der Waals surface area contributed by atoms with Gasteiger partial charge >= 0.3 is 0 Å². The molecule has 0 radical (unpaired) electrons. The molecule has 1 aliphatic heterocycles. The van der Waals surface area contributed by atoms with Crippen molar-refractivity contribution >= 4 is 23.6 Å². The number of nitrogens with one attached hydrogen (secondary N) is 3. The predicted octanol–water partition coefficient (Wildman–Crippen LogP) is 2.42. The SMILES string of the molecule is CC[C@H](C)[C@H](NC(=O)[C@@H](NC(=O)[C@H](Cc1ccccc1)NC(C)=O)C(C)C)C(=O)N1CCCCC1. The molecule has 4 atom stereocenters. The van der Waals surface area contributed by atoms with Gasteiger partial charge in [-0.25, -0.2) is 0 Å². The van der Waals surface area contributed by atoms with Crippen LogP contribution in [0, 0.1) is 11.8 Å². The predicted molar refractivity (Wildman–Crippen MR) is 136 cm³/mol. The second-order valence-electron chi connectivity index (χ2n) is 9.93. The summed E-state index contributed by atoms with van der Waals surface area (Å²) < 4.78 is 0. The molecule has 2 rings (SSSR count). The fourth-order valence-corrected chi connectivity index (χ4v) is 4.33. The third-order valence-corrected chi connectivity index (χ3v) is 6.67. The number of hydrogen-bond donors (Lipinski definition) is 3. The van der Waals surface area contributed by atoms with Crippen molar-refractivity contribution in [1.82, 2.24) is 20.9 Å². The maximum absolute atomic E-state index is 13.4. The Labute approximate surface area is 209 Å². The van der Waals surface area contributed by atoms with Crippen LogP contribution in [-0.2, 0) is 25.6 Å². The van der Waals surface area contributed by atoms with Crippen LogP contribution >= 0.6 is 0 Å². The molecule has 0 aromatic heterocycles. The van der Waals surface area contributed by atoms with Gasteiger partial charge in [0, 0.05) is 26.4 Å². The first-order valence-corrected chi connectivity index (χ1v) is 12.8. The topological polar surface area (TPSA) is 108 Å². The van der Waals surface area contributed by atoms with Crippen molar-refractivity contribution in [3.05, 3.63) is 35.9 Å². The molecule has 3 N–H and O–H groups in total. The summed E-state index contributed by atoms with van der Waals surface area (Å²) in [6, 6.07) is 7.11. The highest BCUT2D eigenvalue weighted by atomic mass is 16.2. The molecule has 0 spiro atoms. The lowest BCUT2D eigenvalue weighted by Gasteiger charge is -2.34. The Morgan fingerprint density at radius 3 is 2.00 bits per heavy atom. The van der Waals surface area contributed by atoms with Crippen molar-refractivity contribution < 1.29 is 19.2 Å². The molecule has 8 nitrogen and oxygen atoms in total. The Kier molecular flexibility index (Phi) is 11.2. The van der Waals surface area contributed by atoms with Crippen LogP contribution < -0.4 is 16.0 Å². The summed E-state index contributed by atoms with van der Waals surface area (Å²) >= 11 is 0. The molecule has 4 amide bonds. The van der Waals surface area contributed by atoms with Crippen LogP contribution in [0.3, 0.4) is 0 Å². The van der Waals surface area contributed by atoms with Crippen LogP contribution in [-0.4, -0.2) is 59.7 Å². The number of benzene rings is 1. The lowest BCUT2D eigenvalue weighted by atomic mass is 9.95. The molecule has 0 unspecified atom stereocenters. The van der Waals surface area contributed by atoms with Crippen molar-refractivity contribution in [3.8, 4) is 0 Å². The van der Waals surface area contributed by atoms with E-state index in [0.717, 1.165) is 31.2 Å². The Morgan fingerprint density at radius 2 is 1.46 bits per heavy atom. The molecule has 0 bridgehead atoms. The minimum Gasteiger partial charge on any atom is -0.344 e. The number of hydrogen-bond acceptors (Lipinski definition) is 4. The third-order valence-electron chi connectivity index (χ3n) is 6.67. The molecular formula is C27H42N4O4. The lowest BCUT2D eigenvalue weighted by Crippen LogP contribution is -2.60. The van der Waals surface area contributed by atoms with Gasteiger partial charge in [-0.1, -0.05) is 64.4 Å². The Morgan fingerprint density at radius 1 is 0.857 bits per heavy atom. The minimum atomic E-state index is -0.838. The van der Waals surface area contributed by atoms with Gasteiger partial charge in [-0.05, 0) is 36.7 Å². The summed E-state index contributed by atoms with van der Waals surface area (Å²) in [5.41, 5.74) is 0.899. The molecule has 0 saturated carbocycles. The van der Waals surface area contributed by atoms with E-state index < -0.39 is 24.0 Å². The van der Waals surface area contributed by atoms with E-state index in [0.29, 0.717) is 19.5 Å². The Balaban J connectivity index is 2.15. The van der Waals surface area contributed by atoms with Gasteiger partial charge in [-0.15, -0.1) is 0 Å². The van der Waals surface area contributed by atoms with Crippen LogP contribution in [0.2, 0.25) is 0 Å². The monoisotopic (exact) mass is 486 g/mol. The van der Waals surface area contributed by atoms with Gasteiger partial charge in [0.1, 0.15) is 18.1 Å². The van der Waals surface area contributed by atoms with Crippen molar-refractivity contribution in [3.63, 3.8) is 0 Å².